The molecule has 39 heavy (non-hydrogen) atoms. The number of nitrogens with zero attached hydrogens (tertiary/aromatic N) is 1. The van der Waals surface area contributed by atoms with Crippen molar-refractivity contribution in [2.75, 3.05) is 17.9 Å². The summed E-state index contributed by atoms with van der Waals surface area (Å²) in [4.78, 5) is 27.4. The highest BCUT2D eigenvalue weighted by Crippen LogP contribution is 2.20. The molecule has 0 unspecified atom stereocenters. The van der Waals surface area contributed by atoms with Crippen molar-refractivity contribution in [1.29, 1.82) is 0 Å². The Kier molecular flexibility index (Phi) is 10.9. The number of ether oxygens (including phenoxy) is 1. The van der Waals surface area contributed by atoms with Crippen LogP contribution in [0.25, 0.3) is 0 Å². The van der Waals surface area contributed by atoms with Crippen LogP contribution in [-0.2, 0) is 26.2 Å². The lowest BCUT2D eigenvalue weighted by molar-refractivity contribution is -0.142. The maximum atomic E-state index is 13.2. The molecule has 2 amide bonds. The van der Waals surface area contributed by atoms with Crippen molar-refractivity contribution in [2.24, 2.45) is 0 Å². The zero-order chi connectivity index (χ0) is 28.3. The van der Waals surface area contributed by atoms with Crippen LogP contribution in [0.5, 0.6) is 5.75 Å². The molecule has 1 atom stereocenters. The van der Waals surface area contributed by atoms with Crippen molar-refractivity contribution in [3.63, 3.8) is 0 Å². The van der Waals surface area contributed by atoms with Crippen molar-refractivity contribution in [3.05, 3.63) is 90.2 Å². The van der Waals surface area contributed by atoms with Gasteiger partial charge in [0.05, 0.1) is 4.90 Å². The van der Waals surface area contributed by atoms with E-state index in [1.807, 2.05) is 30.3 Å². The molecule has 0 aliphatic rings. The SMILES string of the molecule is CCCCCNC(=O)[C@H](C)N(Cc1ccccc1)C(=O)COc1ccc(S(=O)(=O)Nc2ccc(F)cc2)cc1. The lowest BCUT2D eigenvalue weighted by Gasteiger charge is -2.28. The van der Waals surface area contributed by atoms with E-state index >= 15 is 0 Å². The van der Waals surface area contributed by atoms with Crippen LogP contribution in [-0.4, -0.2) is 44.3 Å². The van der Waals surface area contributed by atoms with Gasteiger partial charge in [0.25, 0.3) is 15.9 Å². The number of benzene rings is 3. The second kappa shape index (κ2) is 14.3. The highest BCUT2D eigenvalue weighted by atomic mass is 32.2. The molecule has 0 fully saturated rings. The third-order valence-corrected chi connectivity index (χ3v) is 7.43. The summed E-state index contributed by atoms with van der Waals surface area (Å²) in [6.45, 7) is 4.22. The Balaban J connectivity index is 1.64. The molecule has 208 valence electrons. The molecule has 2 N–H and O–H groups in total. The van der Waals surface area contributed by atoms with Crippen molar-refractivity contribution >= 4 is 27.5 Å². The molecule has 0 spiro atoms. The van der Waals surface area contributed by atoms with Gasteiger partial charge in [0, 0.05) is 18.8 Å². The third kappa shape index (κ3) is 9.10. The Labute approximate surface area is 229 Å². The van der Waals surface area contributed by atoms with Gasteiger partial charge in [-0.25, -0.2) is 12.8 Å². The molecule has 0 saturated heterocycles. The van der Waals surface area contributed by atoms with Gasteiger partial charge in [0.2, 0.25) is 5.91 Å². The van der Waals surface area contributed by atoms with Gasteiger partial charge in [-0.05, 0) is 67.4 Å². The molecular weight excluding hydrogens is 521 g/mol. The number of hydrogen-bond donors (Lipinski definition) is 2. The first kappa shape index (κ1) is 29.6. The topological polar surface area (TPSA) is 105 Å². The average Bonchev–Trinajstić information content (AvgIpc) is 2.94. The Morgan fingerprint density at radius 3 is 2.26 bits per heavy atom. The van der Waals surface area contributed by atoms with Gasteiger partial charge in [-0.1, -0.05) is 50.1 Å². The van der Waals surface area contributed by atoms with E-state index < -0.39 is 21.9 Å². The lowest BCUT2D eigenvalue weighted by atomic mass is 10.1. The van der Waals surface area contributed by atoms with Crippen LogP contribution in [0.1, 0.15) is 38.7 Å². The number of carbonyl (C=O) groups is 2. The summed E-state index contributed by atoms with van der Waals surface area (Å²) in [5.41, 5.74) is 1.10. The van der Waals surface area contributed by atoms with Gasteiger partial charge in [-0.2, -0.15) is 0 Å². The van der Waals surface area contributed by atoms with E-state index in [1.165, 1.54) is 41.3 Å². The van der Waals surface area contributed by atoms with Crippen molar-refractivity contribution in [1.82, 2.24) is 10.2 Å². The number of amides is 2. The summed E-state index contributed by atoms with van der Waals surface area (Å²) >= 11 is 0. The van der Waals surface area contributed by atoms with Gasteiger partial charge >= 0.3 is 0 Å². The standard InChI is InChI=1S/C29H34FN3O5S/c1-3-4-8-19-31-29(35)22(2)33(20-23-9-6-5-7-10-23)28(34)21-38-26-15-17-27(18-16-26)39(36,37)32-25-13-11-24(30)12-14-25/h5-7,9-18,22,32H,3-4,8,19-21H2,1-2H3,(H,31,35)/t22-/m0/s1. The molecule has 3 aromatic rings. The number of halogens is 1. The van der Waals surface area contributed by atoms with E-state index in [2.05, 4.69) is 17.0 Å². The van der Waals surface area contributed by atoms with E-state index in [0.29, 0.717) is 12.3 Å². The van der Waals surface area contributed by atoms with E-state index in [-0.39, 0.29) is 35.5 Å². The molecule has 3 aromatic carbocycles. The van der Waals surface area contributed by atoms with Gasteiger partial charge in [-0.15, -0.1) is 0 Å². The van der Waals surface area contributed by atoms with E-state index in [1.54, 1.807) is 6.92 Å². The fourth-order valence-electron chi connectivity index (χ4n) is 3.77. The van der Waals surface area contributed by atoms with Gasteiger partial charge < -0.3 is 15.0 Å². The minimum atomic E-state index is -3.90. The highest BCUT2D eigenvalue weighted by Gasteiger charge is 2.26. The Hall–Kier alpha value is -3.92. The number of nitrogens with one attached hydrogen (secondary N) is 2. The van der Waals surface area contributed by atoms with Crippen molar-refractivity contribution < 1.29 is 27.1 Å². The van der Waals surface area contributed by atoms with Crippen LogP contribution >= 0.6 is 0 Å². The quantitative estimate of drug-likeness (QED) is 0.280. The number of rotatable bonds is 14. The summed E-state index contributed by atoms with van der Waals surface area (Å²) in [5, 5.41) is 2.90. The Morgan fingerprint density at radius 2 is 1.62 bits per heavy atom. The summed E-state index contributed by atoms with van der Waals surface area (Å²) in [5.74, 6) is -0.804. The molecule has 3 rings (SSSR count). The summed E-state index contributed by atoms with van der Waals surface area (Å²) < 4.78 is 46.4. The van der Waals surface area contributed by atoms with Crippen LogP contribution in [0.3, 0.4) is 0 Å². The lowest BCUT2D eigenvalue weighted by Crippen LogP contribution is -2.49. The molecule has 0 aliphatic heterocycles. The summed E-state index contributed by atoms with van der Waals surface area (Å²) in [6.07, 6.45) is 2.92. The van der Waals surface area contributed by atoms with Crippen molar-refractivity contribution in [3.8, 4) is 5.75 Å². The van der Waals surface area contributed by atoms with Gasteiger partial charge in [0.15, 0.2) is 6.61 Å². The first-order valence-electron chi connectivity index (χ1n) is 12.8. The molecule has 10 heteroatoms. The van der Waals surface area contributed by atoms with E-state index in [4.69, 9.17) is 4.74 Å². The molecule has 0 bridgehead atoms. The van der Waals surface area contributed by atoms with E-state index in [9.17, 15) is 22.4 Å². The largest absolute Gasteiger partial charge is 0.484 e. The summed E-state index contributed by atoms with van der Waals surface area (Å²) in [6, 6.07) is 19.2. The number of carbonyl (C=O) groups excluding carboxylic acids is 2. The molecule has 0 aliphatic carbocycles. The molecular formula is C29H34FN3O5S. The van der Waals surface area contributed by atoms with Crippen molar-refractivity contribution in [2.45, 2.75) is 50.6 Å². The fourth-order valence-corrected chi connectivity index (χ4v) is 4.83. The van der Waals surface area contributed by atoms with Gasteiger partial charge in [-0.3, -0.25) is 14.3 Å². The second-order valence-electron chi connectivity index (χ2n) is 9.05. The average molecular weight is 556 g/mol. The minimum absolute atomic E-state index is 0.0235. The first-order valence-corrected chi connectivity index (χ1v) is 14.3. The minimum Gasteiger partial charge on any atom is -0.484 e. The zero-order valence-electron chi connectivity index (χ0n) is 22.1. The number of unbranched alkanes of at least 4 members (excludes halogenated alkanes) is 2. The molecule has 0 heterocycles. The third-order valence-electron chi connectivity index (χ3n) is 6.04. The smallest absolute Gasteiger partial charge is 0.261 e. The molecule has 0 saturated carbocycles. The van der Waals surface area contributed by atoms with Crippen LogP contribution in [0, 0.1) is 5.82 Å². The highest BCUT2D eigenvalue weighted by molar-refractivity contribution is 7.92. The molecule has 0 aromatic heterocycles. The molecule has 0 radical (unpaired) electrons. The second-order valence-corrected chi connectivity index (χ2v) is 10.7. The predicted octanol–water partition coefficient (Wildman–Crippen LogP) is 4.73. The maximum absolute atomic E-state index is 13.2. The predicted molar refractivity (Wildman–Crippen MR) is 148 cm³/mol. The fraction of sp³-hybridized carbons (Fsp3) is 0.310. The first-order chi connectivity index (χ1) is 18.7. The number of anilines is 1. The Morgan fingerprint density at radius 1 is 0.949 bits per heavy atom. The van der Waals surface area contributed by atoms with Gasteiger partial charge in [0.1, 0.15) is 17.6 Å². The molecule has 8 nitrogen and oxygen atoms in total. The van der Waals surface area contributed by atoms with Crippen LogP contribution < -0.4 is 14.8 Å². The van der Waals surface area contributed by atoms with Crippen LogP contribution in [0.2, 0.25) is 0 Å². The maximum Gasteiger partial charge on any atom is 0.261 e. The Bertz CT molecular complexity index is 1320. The summed E-state index contributed by atoms with van der Waals surface area (Å²) in [7, 11) is -3.90. The monoisotopic (exact) mass is 555 g/mol. The number of hydrogen-bond acceptors (Lipinski definition) is 5. The van der Waals surface area contributed by atoms with E-state index in [0.717, 1.165) is 37.0 Å². The van der Waals surface area contributed by atoms with Crippen LogP contribution in [0.15, 0.2) is 83.8 Å². The van der Waals surface area contributed by atoms with Crippen LogP contribution in [0.4, 0.5) is 10.1 Å². The number of sulfonamides is 1. The normalized spacial score (nSPS) is 11.9. The zero-order valence-corrected chi connectivity index (χ0v) is 22.9.